The second kappa shape index (κ2) is 11.2. The smallest absolute Gasteiger partial charge is 0.165 e. The van der Waals surface area contributed by atoms with Gasteiger partial charge in [0.25, 0.3) is 0 Å². The van der Waals surface area contributed by atoms with Crippen molar-refractivity contribution in [3.05, 3.63) is 94.1 Å². The van der Waals surface area contributed by atoms with Crippen LogP contribution < -0.4 is 9.47 Å². The highest BCUT2D eigenvalue weighted by Gasteiger charge is 2.48. The van der Waals surface area contributed by atoms with Gasteiger partial charge in [0.15, 0.2) is 23.1 Å². The third kappa shape index (κ3) is 5.56. The van der Waals surface area contributed by atoms with E-state index >= 15 is 0 Å². The number of benzene rings is 2. The predicted octanol–water partition coefficient (Wildman–Crippen LogP) is 7.85. The summed E-state index contributed by atoms with van der Waals surface area (Å²) in [5.41, 5.74) is 5.21. The molecule has 0 N–H and O–H groups in total. The zero-order valence-corrected chi connectivity index (χ0v) is 25.7. The third-order valence-electron chi connectivity index (χ3n) is 8.66. The third-order valence-corrected chi connectivity index (χ3v) is 8.66. The summed E-state index contributed by atoms with van der Waals surface area (Å²) < 4.78 is 26.8. The molecule has 0 amide bonds. The molecule has 42 heavy (non-hydrogen) atoms. The van der Waals surface area contributed by atoms with Crippen LogP contribution in [0.15, 0.2) is 71.6 Å². The molecule has 0 unspecified atom stereocenters. The Labute approximate surface area is 249 Å². The Bertz CT molecular complexity index is 1460. The molecule has 2 aromatic rings. The molecule has 0 aromatic heterocycles. The van der Waals surface area contributed by atoms with E-state index in [0.29, 0.717) is 42.9 Å². The molecule has 1 heterocycles. The first-order valence-corrected chi connectivity index (χ1v) is 14.9. The van der Waals surface area contributed by atoms with Crippen molar-refractivity contribution in [2.24, 2.45) is 10.8 Å². The van der Waals surface area contributed by atoms with Gasteiger partial charge in [-0.2, -0.15) is 0 Å². The van der Waals surface area contributed by atoms with Crippen molar-refractivity contribution in [3.63, 3.8) is 0 Å². The molecule has 0 fully saturated rings. The minimum atomic E-state index is -0.484. The van der Waals surface area contributed by atoms with E-state index in [9.17, 15) is 14.0 Å². The van der Waals surface area contributed by atoms with Gasteiger partial charge in [-0.3, -0.25) is 9.59 Å². The van der Waals surface area contributed by atoms with Gasteiger partial charge in [0.05, 0.1) is 6.61 Å². The van der Waals surface area contributed by atoms with Crippen LogP contribution in [0.25, 0.3) is 0 Å². The molecule has 5 nitrogen and oxygen atoms in total. The maximum absolute atomic E-state index is 14.4. The average Bonchev–Trinajstić information content (AvgIpc) is 2.89. The van der Waals surface area contributed by atoms with E-state index in [1.165, 1.54) is 6.07 Å². The van der Waals surface area contributed by atoms with E-state index in [-0.39, 0.29) is 34.8 Å². The number of hydrogen-bond acceptors (Lipinski definition) is 5. The van der Waals surface area contributed by atoms with E-state index in [2.05, 4.69) is 39.2 Å². The molecule has 0 spiro atoms. The van der Waals surface area contributed by atoms with Gasteiger partial charge in [-0.05, 0) is 54.7 Å². The number of hydrogen-bond donors (Lipinski definition) is 0. The summed E-state index contributed by atoms with van der Waals surface area (Å²) in [5.74, 6) is 0.392. The van der Waals surface area contributed by atoms with Crippen molar-refractivity contribution >= 4 is 11.6 Å². The topological polar surface area (TPSA) is 55.8 Å². The van der Waals surface area contributed by atoms with Crippen molar-refractivity contribution in [2.45, 2.75) is 79.2 Å². The number of ketones is 2. The van der Waals surface area contributed by atoms with Crippen LogP contribution >= 0.6 is 0 Å². The normalized spacial score (nSPS) is 19.9. The van der Waals surface area contributed by atoms with Crippen LogP contribution in [0.1, 0.15) is 82.9 Å². The summed E-state index contributed by atoms with van der Waals surface area (Å²) in [6, 6.07) is 10.5. The molecule has 0 saturated carbocycles. The fraction of sp³-hybridized carbons (Fsp3) is 0.444. The van der Waals surface area contributed by atoms with E-state index in [1.54, 1.807) is 24.3 Å². The van der Waals surface area contributed by atoms with Crippen LogP contribution in [0, 0.1) is 16.6 Å². The van der Waals surface area contributed by atoms with Gasteiger partial charge in [0, 0.05) is 59.5 Å². The molecule has 3 aliphatic rings. The molecule has 0 saturated heterocycles. The van der Waals surface area contributed by atoms with Crippen LogP contribution in [-0.4, -0.2) is 30.1 Å². The Balaban J connectivity index is 1.69. The summed E-state index contributed by atoms with van der Waals surface area (Å²) in [7, 11) is 2.01. The number of carbonyl (C=O) groups excluding carboxylic acids is 2. The van der Waals surface area contributed by atoms with Crippen LogP contribution in [-0.2, 0) is 22.6 Å². The lowest BCUT2D eigenvalue weighted by Gasteiger charge is -2.48. The first kappa shape index (κ1) is 29.8. The average molecular weight is 572 g/mol. The molecule has 1 aliphatic heterocycles. The van der Waals surface area contributed by atoms with Crippen molar-refractivity contribution in [2.75, 3.05) is 13.7 Å². The lowest BCUT2D eigenvalue weighted by Crippen LogP contribution is -2.43. The minimum absolute atomic E-state index is 0.0379. The summed E-state index contributed by atoms with van der Waals surface area (Å²) in [5, 5.41) is 0. The quantitative estimate of drug-likeness (QED) is 0.302. The Morgan fingerprint density at radius 1 is 0.929 bits per heavy atom. The summed E-state index contributed by atoms with van der Waals surface area (Å²) in [6.07, 6.45) is 4.65. The molecule has 2 aromatic carbocycles. The fourth-order valence-corrected chi connectivity index (χ4v) is 6.85. The molecule has 2 aliphatic carbocycles. The molecular weight excluding hydrogens is 529 g/mol. The van der Waals surface area contributed by atoms with Crippen LogP contribution in [0.3, 0.4) is 0 Å². The van der Waals surface area contributed by atoms with Gasteiger partial charge in [-0.1, -0.05) is 58.0 Å². The molecular formula is C36H42FNO4. The highest BCUT2D eigenvalue weighted by Crippen LogP contribution is 2.54. The van der Waals surface area contributed by atoms with Gasteiger partial charge >= 0.3 is 0 Å². The van der Waals surface area contributed by atoms with Crippen molar-refractivity contribution < 1.29 is 23.5 Å². The minimum Gasteiger partial charge on any atom is -0.490 e. The molecule has 0 atom stereocenters. The lowest BCUT2D eigenvalue weighted by atomic mass is 9.63. The highest BCUT2D eigenvalue weighted by atomic mass is 19.1. The van der Waals surface area contributed by atoms with Gasteiger partial charge in [0.2, 0.25) is 0 Å². The SMILES string of the molecule is C=CCc1cc(C2C3=C(CC(C)(C)CC3=O)N(C)C3=C2C(=O)CC(C)(C)C3)cc(OCC)c1OCc1ccccc1F. The van der Waals surface area contributed by atoms with Gasteiger partial charge < -0.3 is 14.4 Å². The van der Waals surface area contributed by atoms with Crippen molar-refractivity contribution in [1.29, 1.82) is 0 Å². The Morgan fingerprint density at radius 2 is 1.52 bits per heavy atom. The van der Waals surface area contributed by atoms with Crippen molar-refractivity contribution in [1.82, 2.24) is 4.90 Å². The number of rotatable bonds is 8. The Kier molecular flexibility index (Phi) is 7.95. The molecule has 6 heteroatoms. The first-order chi connectivity index (χ1) is 19.9. The van der Waals surface area contributed by atoms with E-state index in [4.69, 9.17) is 9.47 Å². The summed E-state index contributed by atoms with van der Waals surface area (Å²) in [6.45, 7) is 14.8. The first-order valence-electron chi connectivity index (χ1n) is 14.9. The van der Waals surface area contributed by atoms with Crippen molar-refractivity contribution in [3.8, 4) is 11.5 Å². The predicted molar refractivity (Wildman–Crippen MR) is 163 cm³/mol. The number of halogens is 1. The zero-order valence-electron chi connectivity index (χ0n) is 25.7. The van der Waals surface area contributed by atoms with Crippen LogP contribution in [0.4, 0.5) is 4.39 Å². The Hall–Kier alpha value is -3.67. The second-order valence-electron chi connectivity index (χ2n) is 13.4. The number of ether oxygens (including phenoxy) is 2. The standard InChI is InChI=1S/C36H42FNO4/c1-8-12-22-15-24(16-30(41-9-2)34(22)42-21-23-13-10-11-14-25(23)37)31-32-26(17-35(3,4)19-28(32)39)38(7)27-18-36(5,6)20-29(40)33(27)31/h8,10-11,13-16,31H,1,9,12,17-21H2,2-7H3. The number of nitrogens with zero attached hydrogens (tertiary/aromatic N) is 1. The Morgan fingerprint density at radius 3 is 2.07 bits per heavy atom. The second-order valence-corrected chi connectivity index (χ2v) is 13.4. The number of Topliss-reactive ketones (excluding diaryl/α,β-unsaturated/α-hetero) is 2. The highest BCUT2D eigenvalue weighted by molar-refractivity contribution is 6.06. The monoisotopic (exact) mass is 571 g/mol. The van der Waals surface area contributed by atoms with Crippen LogP contribution in [0.2, 0.25) is 0 Å². The zero-order chi connectivity index (χ0) is 30.4. The summed E-state index contributed by atoms with van der Waals surface area (Å²) in [4.78, 5) is 30.0. The lowest BCUT2D eigenvalue weighted by molar-refractivity contribution is -0.119. The molecule has 5 rings (SSSR count). The molecule has 222 valence electrons. The summed E-state index contributed by atoms with van der Waals surface area (Å²) >= 11 is 0. The van der Waals surface area contributed by atoms with E-state index in [1.807, 2.05) is 26.1 Å². The number of allylic oxidation sites excluding steroid dienone is 5. The van der Waals surface area contributed by atoms with Gasteiger partial charge in [-0.25, -0.2) is 4.39 Å². The van der Waals surface area contributed by atoms with Gasteiger partial charge in [0.1, 0.15) is 12.4 Å². The molecule has 0 radical (unpaired) electrons. The van der Waals surface area contributed by atoms with Gasteiger partial charge in [-0.15, -0.1) is 6.58 Å². The fourth-order valence-electron chi connectivity index (χ4n) is 6.85. The maximum Gasteiger partial charge on any atom is 0.165 e. The maximum atomic E-state index is 14.4. The van der Waals surface area contributed by atoms with E-state index in [0.717, 1.165) is 46.5 Å². The number of carbonyl (C=O) groups is 2. The largest absolute Gasteiger partial charge is 0.490 e. The van der Waals surface area contributed by atoms with Crippen LogP contribution in [0.5, 0.6) is 11.5 Å². The molecule has 0 bridgehead atoms. The van der Waals surface area contributed by atoms with E-state index < -0.39 is 5.92 Å².